The van der Waals surface area contributed by atoms with Crippen LogP contribution >= 0.6 is 0 Å². The molecular formula is C24H35N5O. The van der Waals surface area contributed by atoms with Gasteiger partial charge in [0.05, 0.1) is 13.2 Å². The zero-order chi connectivity index (χ0) is 21.0. The monoisotopic (exact) mass is 409 g/mol. The highest BCUT2D eigenvalue weighted by atomic mass is 16.5. The summed E-state index contributed by atoms with van der Waals surface area (Å²) in [7, 11) is 1.82. The van der Waals surface area contributed by atoms with Crippen LogP contribution in [0.4, 0.5) is 11.4 Å². The highest BCUT2D eigenvalue weighted by Crippen LogP contribution is 2.16. The number of nitrogens with one attached hydrogen (secondary N) is 2. The molecule has 0 saturated carbocycles. The van der Waals surface area contributed by atoms with Gasteiger partial charge in [-0.1, -0.05) is 30.3 Å². The van der Waals surface area contributed by atoms with Gasteiger partial charge < -0.3 is 25.2 Å². The number of guanidine groups is 1. The summed E-state index contributed by atoms with van der Waals surface area (Å²) in [5, 5.41) is 6.83. The van der Waals surface area contributed by atoms with Gasteiger partial charge in [0.2, 0.25) is 0 Å². The van der Waals surface area contributed by atoms with E-state index in [0.29, 0.717) is 0 Å². The van der Waals surface area contributed by atoms with Gasteiger partial charge in [0.1, 0.15) is 0 Å². The molecule has 0 bridgehead atoms. The van der Waals surface area contributed by atoms with Crippen molar-refractivity contribution in [1.82, 2.24) is 10.6 Å². The first-order valence-corrected chi connectivity index (χ1v) is 11.0. The summed E-state index contributed by atoms with van der Waals surface area (Å²) >= 11 is 0. The van der Waals surface area contributed by atoms with Crippen LogP contribution in [0.25, 0.3) is 0 Å². The van der Waals surface area contributed by atoms with E-state index in [4.69, 9.17) is 4.74 Å². The average Bonchev–Trinajstić information content (AvgIpc) is 2.82. The zero-order valence-corrected chi connectivity index (χ0v) is 18.3. The fourth-order valence-electron chi connectivity index (χ4n) is 3.64. The van der Waals surface area contributed by atoms with Crippen LogP contribution in [0.2, 0.25) is 0 Å². The summed E-state index contributed by atoms with van der Waals surface area (Å²) in [5.74, 6) is 0.843. The van der Waals surface area contributed by atoms with Crippen molar-refractivity contribution < 1.29 is 4.74 Å². The van der Waals surface area contributed by atoms with Crippen molar-refractivity contribution in [3.05, 3.63) is 60.2 Å². The number of nitrogens with zero attached hydrogens (tertiary/aromatic N) is 3. The van der Waals surface area contributed by atoms with Gasteiger partial charge >= 0.3 is 0 Å². The Hall–Kier alpha value is -2.73. The van der Waals surface area contributed by atoms with Crippen LogP contribution in [-0.2, 0) is 11.3 Å². The van der Waals surface area contributed by atoms with Gasteiger partial charge in [0.15, 0.2) is 5.96 Å². The number of aliphatic imine (C=N–C) groups is 1. The minimum absolute atomic E-state index is 0.758. The van der Waals surface area contributed by atoms with E-state index in [1.165, 1.54) is 16.9 Å². The van der Waals surface area contributed by atoms with Crippen LogP contribution in [0, 0.1) is 0 Å². The molecule has 6 nitrogen and oxygen atoms in total. The number of morpholine rings is 1. The van der Waals surface area contributed by atoms with Crippen LogP contribution in [0.5, 0.6) is 0 Å². The second-order valence-electron chi connectivity index (χ2n) is 7.39. The SMILES string of the molecule is CCN(CCCNC(=NC)NCc1ccc(N2CCOCC2)cc1)c1ccccc1. The molecule has 1 heterocycles. The number of para-hydroxylation sites is 1. The van der Waals surface area contributed by atoms with Gasteiger partial charge in [-0.2, -0.15) is 0 Å². The number of hydrogen-bond acceptors (Lipinski definition) is 4. The molecule has 6 heteroatoms. The first-order chi connectivity index (χ1) is 14.8. The average molecular weight is 410 g/mol. The zero-order valence-electron chi connectivity index (χ0n) is 18.3. The summed E-state index contributed by atoms with van der Waals surface area (Å²) in [6.45, 7) is 9.43. The fraction of sp³-hybridized carbons (Fsp3) is 0.458. The van der Waals surface area contributed by atoms with Crippen molar-refractivity contribution in [2.45, 2.75) is 19.9 Å². The number of rotatable bonds is 9. The lowest BCUT2D eigenvalue weighted by atomic mass is 10.2. The molecule has 0 aromatic heterocycles. The standard InChI is InChI=1S/C24H35N5O/c1-3-28(22-8-5-4-6-9-22)15-7-14-26-24(25-2)27-20-21-10-12-23(13-11-21)29-16-18-30-19-17-29/h4-6,8-13H,3,7,14-20H2,1-2H3,(H2,25,26,27). The number of anilines is 2. The minimum atomic E-state index is 0.758. The highest BCUT2D eigenvalue weighted by Gasteiger charge is 2.10. The minimum Gasteiger partial charge on any atom is -0.378 e. The van der Waals surface area contributed by atoms with Crippen LogP contribution in [0.15, 0.2) is 59.6 Å². The second-order valence-corrected chi connectivity index (χ2v) is 7.39. The quantitative estimate of drug-likeness (QED) is 0.379. The van der Waals surface area contributed by atoms with E-state index in [0.717, 1.165) is 64.9 Å². The second kappa shape index (κ2) is 12.1. The molecule has 1 fully saturated rings. The van der Waals surface area contributed by atoms with Crippen molar-refractivity contribution in [3.63, 3.8) is 0 Å². The van der Waals surface area contributed by atoms with Crippen LogP contribution in [0.3, 0.4) is 0 Å². The molecule has 2 N–H and O–H groups in total. The lowest BCUT2D eigenvalue weighted by molar-refractivity contribution is 0.122. The smallest absolute Gasteiger partial charge is 0.191 e. The summed E-state index contributed by atoms with van der Waals surface area (Å²) < 4.78 is 5.43. The molecule has 0 spiro atoms. The molecular weight excluding hydrogens is 374 g/mol. The van der Waals surface area contributed by atoms with Crippen molar-refractivity contribution in [1.29, 1.82) is 0 Å². The van der Waals surface area contributed by atoms with Gasteiger partial charge in [0, 0.05) is 57.7 Å². The van der Waals surface area contributed by atoms with Crippen LogP contribution in [-0.4, -0.2) is 58.9 Å². The Balaban J connectivity index is 1.38. The Kier molecular flexibility index (Phi) is 8.84. The van der Waals surface area contributed by atoms with E-state index in [-0.39, 0.29) is 0 Å². The summed E-state index contributed by atoms with van der Waals surface area (Å²) in [5.41, 5.74) is 3.79. The van der Waals surface area contributed by atoms with Crippen LogP contribution < -0.4 is 20.4 Å². The normalized spacial score (nSPS) is 14.5. The van der Waals surface area contributed by atoms with Gasteiger partial charge in [-0.15, -0.1) is 0 Å². The maximum absolute atomic E-state index is 5.43. The Morgan fingerprint density at radius 1 is 1.03 bits per heavy atom. The first-order valence-electron chi connectivity index (χ1n) is 11.0. The maximum atomic E-state index is 5.43. The van der Waals surface area contributed by atoms with E-state index < -0.39 is 0 Å². The van der Waals surface area contributed by atoms with Crippen molar-refractivity contribution in [2.75, 3.05) is 62.8 Å². The lowest BCUT2D eigenvalue weighted by Gasteiger charge is -2.29. The Bertz CT molecular complexity index is 757. The lowest BCUT2D eigenvalue weighted by Crippen LogP contribution is -2.38. The third kappa shape index (κ3) is 6.66. The molecule has 2 aromatic carbocycles. The van der Waals surface area contributed by atoms with E-state index in [1.54, 1.807) is 0 Å². The summed E-state index contributed by atoms with van der Waals surface area (Å²) in [6, 6.07) is 19.3. The molecule has 0 unspecified atom stereocenters. The van der Waals surface area contributed by atoms with Gasteiger partial charge in [-0.05, 0) is 43.2 Å². The highest BCUT2D eigenvalue weighted by molar-refractivity contribution is 5.79. The van der Waals surface area contributed by atoms with E-state index in [9.17, 15) is 0 Å². The molecule has 0 atom stereocenters. The topological polar surface area (TPSA) is 52.1 Å². The molecule has 2 aromatic rings. The molecule has 0 radical (unpaired) electrons. The predicted octanol–water partition coefficient (Wildman–Crippen LogP) is 3.10. The van der Waals surface area contributed by atoms with Crippen molar-refractivity contribution in [3.8, 4) is 0 Å². The van der Waals surface area contributed by atoms with E-state index >= 15 is 0 Å². The van der Waals surface area contributed by atoms with Crippen molar-refractivity contribution in [2.24, 2.45) is 4.99 Å². The van der Waals surface area contributed by atoms with Crippen molar-refractivity contribution >= 4 is 17.3 Å². The largest absolute Gasteiger partial charge is 0.378 e. The molecule has 1 aliphatic rings. The van der Waals surface area contributed by atoms with E-state index in [1.807, 2.05) is 7.05 Å². The molecule has 3 rings (SSSR count). The summed E-state index contributed by atoms with van der Waals surface area (Å²) in [6.07, 6.45) is 1.05. The van der Waals surface area contributed by atoms with Gasteiger partial charge in [0.25, 0.3) is 0 Å². The number of benzene rings is 2. The molecule has 0 aliphatic carbocycles. The molecule has 30 heavy (non-hydrogen) atoms. The molecule has 1 aliphatic heterocycles. The molecule has 1 saturated heterocycles. The van der Waals surface area contributed by atoms with E-state index in [2.05, 4.69) is 86.9 Å². The molecule has 162 valence electrons. The third-order valence-electron chi connectivity index (χ3n) is 5.40. The van der Waals surface area contributed by atoms with Gasteiger partial charge in [-0.25, -0.2) is 0 Å². The predicted molar refractivity (Wildman–Crippen MR) is 127 cm³/mol. The summed E-state index contributed by atoms with van der Waals surface area (Å²) in [4.78, 5) is 9.12. The van der Waals surface area contributed by atoms with Crippen LogP contribution in [0.1, 0.15) is 18.9 Å². The molecule has 0 amide bonds. The Labute approximate surface area is 180 Å². The maximum Gasteiger partial charge on any atom is 0.191 e. The Morgan fingerprint density at radius 3 is 2.43 bits per heavy atom. The number of hydrogen-bond donors (Lipinski definition) is 2. The number of ether oxygens (including phenoxy) is 1. The van der Waals surface area contributed by atoms with Gasteiger partial charge in [-0.3, -0.25) is 4.99 Å². The fourth-order valence-corrected chi connectivity index (χ4v) is 3.64. The Morgan fingerprint density at radius 2 is 1.77 bits per heavy atom. The third-order valence-corrected chi connectivity index (χ3v) is 5.40. The first kappa shape index (κ1) is 22.0.